The first kappa shape index (κ1) is 30.1. The molecule has 5 aliphatic rings. The SMILES string of the molecule is C[C@@]12COCCN(C1)c1nc(OC[C@@]34CCCN3C[C@H](F)C4)nc3c(F)c(ncc13)-c1c(c(F)cc3[nH]ncc13)CCCOC(=O)O2. The molecule has 0 unspecified atom stereocenters. The van der Waals surface area contributed by atoms with Gasteiger partial charge in [0, 0.05) is 36.7 Å². The Labute approximate surface area is 267 Å². The molecule has 3 aromatic heterocycles. The van der Waals surface area contributed by atoms with Crippen LogP contribution in [0.15, 0.2) is 18.5 Å². The highest BCUT2D eigenvalue weighted by molar-refractivity contribution is 5.99. The van der Waals surface area contributed by atoms with Crippen LogP contribution in [0.25, 0.3) is 33.1 Å². The summed E-state index contributed by atoms with van der Waals surface area (Å²) in [4.78, 5) is 30.6. The van der Waals surface area contributed by atoms with Gasteiger partial charge < -0.3 is 23.8 Å². The van der Waals surface area contributed by atoms with E-state index < -0.39 is 35.1 Å². The quantitative estimate of drug-likeness (QED) is 0.314. The molecule has 5 aliphatic heterocycles. The number of nitrogens with zero attached hydrogens (tertiary/aromatic N) is 6. The van der Waals surface area contributed by atoms with Gasteiger partial charge in [-0.15, -0.1) is 0 Å². The van der Waals surface area contributed by atoms with Gasteiger partial charge in [0.2, 0.25) is 0 Å². The summed E-state index contributed by atoms with van der Waals surface area (Å²) >= 11 is 0. The number of carbonyl (C=O) groups is 1. The maximum Gasteiger partial charge on any atom is 0.508 e. The smallest absolute Gasteiger partial charge is 0.461 e. The van der Waals surface area contributed by atoms with Crippen LogP contribution in [0.5, 0.6) is 6.01 Å². The van der Waals surface area contributed by atoms with Crippen molar-refractivity contribution in [3.63, 3.8) is 0 Å². The Hall–Kier alpha value is -4.24. The lowest BCUT2D eigenvalue weighted by atomic mass is 9.95. The minimum Gasteiger partial charge on any atom is -0.461 e. The number of carbonyl (C=O) groups excluding carboxylic acids is 1. The molecule has 12 nitrogen and oxygen atoms in total. The van der Waals surface area contributed by atoms with E-state index >= 15 is 8.78 Å². The third kappa shape index (κ3) is 5.29. The summed E-state index contributed by atoms with van der Waals surface area (Å²) in [6, 6.07) is 1.21. The fourth-order valence-electron chi connectivity index (χ4n) is 7.63. The average Bonchev–Trinajstić information content (AvgIpc) is 3.69. The maximum absolute atomic E-state index is 17.0. The van der Waals surface area contributed by atoms with Gasteiger partial charge in [0.15, 0.2) is 11.4 Å². The van der Waals surface area contributed by atoms with E-state index in [1.165, 1.54) is 18.5 Å². The summed E-state index contributed by atoms with van der Waals surface area (Å²) in [5.74, 6) is -1.06. The van der Waals surface area contributed by atoms with Crippen molar-refractivity contribution in [2.75, 3.05) is 57.5 Å². The van der Waals surface area contributed by atoms with E-state index in [1.54, 1.807) is 6.92 Å². The van der Waals surface area contributed by atoms with Crippen LogP contribution in [-0.2, 0) is 20.6 Å². The van der Waals surface area contributed by atoms with Crippen LogP contribution in [0, 0.1) is 11.6 Å². The molecular weight excluding hydrogens is 619 g/mol. The number of nitrogens with one attached hydrogen (secondary N) is 1. The third-order valence-corrected chi connectivity index (χ3v) is 9.77. The normalized spacial score (nSPS) is 26.8. The average molecular weight is 654 g/mol. The van der Waals surface area contributed by atoms with Crippen LogP contribution in [0.3, 0.4) is 0 Å². The van der Waals surface area contributed by atoms with Gasteiger partial charge in [-0.1, -0.05) is 0 Å². The standard InChI is InChI=1S/C32H34F3N7O5/c1-31-15-41(7-9-44-16-31)28-21-12-36-27(24-19(4-2-8-45-30(43)47-31)22(34)10-23-20(24)13-37-40-23)25(35)26(21)38-29(39-28)46-17-32-5-3-6-42(32)14-18(33)11-32/h10,12-13,18H,2-9,11,14-17H2,1H3,(H,37,40)/t18-,31+,32+/m1/s1. The van der Waals surface area contributed by atoms with E-state index in [0.717, 1.165) is 19.4 Å². The van der Waals surface area contributed by atoms with E-state index in [2.05, 4.69) is 25.1 Å². The molecule has 3 saturated heterocycles. The van der Waals surface area contributed by atoms with Gasteiger partial charge >= 0.3 is 12.2 Å². The zero-order valence-electron chi connectivity index (χ0n) is 25.9. The summed E-state index contributed by atoms with van der Waals surface area (Å²) in [6.07, 6.45) is 3.52. The van der Waals surface area contributed by atoms with Gasteiger partial charge in [-0.25, -0.2) is 18.0 Å². The number of benzene rings is 1. The Balaban J connectivity index is 1.31. The minimum atomic E-state index is -1.15. The number of hydrogen-bond donors (Lipinski definition) is 1. The van der Waals surface area contributed by atoms with Gasteiger partial charge in [-0.05, 0) is 50.8 Å². The predicted octanol–water partition coefficient (Wildman–Crippen LogP) is 4.50. The van der Waals surface area contributed by atoms with E-state index in [9.17, 15) is 9.18 Å². The van der Waals surface area contributed by atoms with Crippen molar-refractivity contribution >= 4 is 33.8 Å². The maximum atomic E-state index is 17.0. The lowest BCUT2D eigenvalue weighted by Gasteiger charge is -2.33. The Morgan fingerprint density at radius 2 is 2.04 bits per heavy atom. The van der Waals surface area contributed by atoms with Crippen LogP contribution in [-0.4, -0.2) is 106 Å². The summed E-state index contributed by atoms with van der Waals surface area (Å²) in [6.45, 7) is 3.76. The molecule has 15 heteroatoms. The highest BCUT2D eigenvalue weighted by atomic mass is 19.1. The van der Waals surface area contributed by atoms with Gasteiger partial charge in [-0.3, -0.25) is 15.0 Å². The van der Waals surface area contributed by atoms with Crippen molar-refractivity contribution < 1.29 is 36.9 Å². The van der Waals surface area contributed by atoms with Crippen LogP contribution in [0.1, 0.15) is 38.2 Å². The monoisotopic (exact) mass is 653 g/mol. The Morgan fingerprint density at radius 3 is 2.94 bits per heavy atom. The lowest BCUT2D eigenvalue weighted by molar-refractivity contribution is -0.0575. The molecule has 47 heavy (non-hydrogen) atoms. The third-order valence-electron chi connectivity index (χ3n) is 9.77. The highest BCUT2D eigenvalue weighted by Crippen LogP contribution is 2.42. The van der Waals surface area contributed by atoms with Crippen molar-refractivity contribution in [1.29, 1.82) is 0 Å². The minimum absolute atomic E-state index is 0.0539. The molecule has 1 aromatic carbocycles. The molecule has 4 aromatic rings. The van der Waals surface area contributed by atoms with Crippen molar-refractivity contribution in [3.05, 3.63) is 35.7 Å². The molecule has 0 amide bonds. The number of hydrogen-bond acceptors (Lipinski definition) is 11. The zero-order valence-corrected chi connectivity index (χ0v) is 25.9. The van der Waals surface area contributed by atoms with Crippen LogP contribution >= 0.6 is 0 Å². The molecule has 8 heterocycles. The summed E-state index contributed by atoms with van der Waals surface area (Å²) in [5, 5.41) is 7.57. The molecule has 3 atom stereocenters. The van der Waals surface area contributed by atoms with Crippen LogP contribution in [0.4, 0.5) is 23.8 Å². The Bertz CT molecular complexity index is 1880. The van der Waals surface area contributed by atoms with E-state index in [-0.39, 0.29) is 79.5 Å². The largest absolute Gasteiger partial charge is 0.508 e. The highest BCUT2D eigenvalue weighted by Gasteiger charge is 2.49. The Morgan fingerprint density at radius 1 is 1.15 bits per heavy atom. The van der Waals surface area contributed by atoms with Crippen molar-refractivity contribution in [3.8, 4) is 17.3 Å². The second-order valence-corrected chi connectivity index (χ2v) is 13.1. The first-order valence-corrected chi connectivity index (χ1v) is 15.9. The van der Waals surface area contributed by atoms with Crippen molar-refractivity contribution in [1.82, 2.24) is 30.0 Å². The molecule has 0 radical (unpaired) electrons. The number of rotatable bonds is 3. The van der Waals surface area contributed by atoms with E-state index in [0.29, 0.717) is 36.2 Å². The number of fused-ring (bicyclic) bond motifs is 8. The number of anilines is 1. The molecule has 248 valence electrons. The number of aromatic nitrogens is 5. The number of ether oxygens (including phenoxy) is 4. The van der Waals surface area contributed by atoms with E-state index in [4.69, 9.17) is 23.9 Å². The summed E-state index contributed by atoms with van der Waals surface area (Å²) in [5.41, 5.74) is -1.03. The fraction of sp³-hybridized carbons (Fsp3) is 0.531. The Kier molecular flexibility index (Phi) is 7.35. The summed E-state index contributed by atoms with van der Waals surface area (Å²) < 4.78 is 70.3. The number of alkyl halides is 1. The number of aromatic amines is 1. The molecule has 6 bridgehead atoms. The zero-order chi connectivity index (χ0) is 32.3. The van der Waals surface area contributed by atoms with Crippen LogP contribution < -0.4 is 9.64 Å². The number of H-pyrrole nitrogens is 1. The first-order valence-electron chi connectivity index (χ1n) is 15.9. The molecule has 0 spiro atoms. The van der Waals surface area contributed by atoms with Gasteiger partial charge in [0.25, 0.3) is 0 Å². The second-order valence-electron chi connectivity index (χ2n) is 13.1. The molecule has 9 rings (SSSR count). The fourth-order valence-corrected chi connectivity index (χ4v) is 7.63. The molecular formula is C32H34F3N7O5. The molecule has 0 saturated carbocycles. The molecule has 0 aliphatic carbocycles. The van der Waals surface area contributed by atoms with Crippen molar-refractivity contribution in [2.24, 2.45) is 0 Å². The van der Waals surface area contributed by atoms with Crippen LogP contribution in [0.2, 0.25) is 0 Å². The topological polar surface area (TPSA) is 128 Å². The van der Waals surface area contributed by atoms with E-state index in [1.807, 2.05) is 4.90 Å². The van der Waals surface area contributed by atoms with Gasteiger partial charge in [0.05, 0.1) is 49.0 Å². The second kappa shape index (κ2) is 11.5. The number of halogens is 3. The van der Waals surface area contributed by atoms with Gasteiger partial charge in [-0.2, -0.15) is 15.1 Å². The molecule has 3 fully saturated rings. The first-order chi connectivity index (χ1) is 22.7. The number of pyridine rings is 1. The predicted molar refractivity (Wildman–Crippen MR) is 163 cm³/mol. The molecule has 1 N–H and O–H groups in total. The lowest BCUT2D eigenvalue weighted by Crippen LogP contribution is -2.46. The van der Waals surface area contributed by atoms with Gasteiger partial charge in [0.1, 0.15) is 35.6 Å². The van der Waals surface area contributed by atoms with Crippen molar-refractivity contribution in [2.45, 2.75) is 56.3 Å². The summed E-state index contributed by atoms with van der Waals surface area (Å²) in [7, 11) is 0.